The fourth-order valence-corrected chi connectivity index (χ4v) is 3.01. The second kappa shape index (κ2) is 10.8. The molecule has 5 N–H and O–H groups in total. The van der Waals surface area contributed by atoms with Crippen molar-refractivity contribution in [1.29, 1.82) is 0 Å². The summed E-state index contributed by atoms with van der Waals surface area (Å²) in [6.45, 7) is 5.26. The van der Waals surface area contributed by atoms with Gasteiger partial charge in [0.05, 0.1) is 23.8 Å². The van der Waals surface area contributed by atoms with Crippen LogP contribution < -0.4 is 21.5 Å². The second-order valence-electron chi connectivity index (χ2n) is 7.40. The third-order valence-electron chi connectivity index (χ3n) is 4.42. The summed E-state index contributed by atoms with van der Waals surface area (Å²) in [7, 11) is 0. The minimum absolute atomic E-state index is 0.0930. The molecule has 0 aliphatic carbocycles. The molecule has 0 spiro atoms. The standard InChI is InChI=1S/C21H32N4O2/c1-15(2)11-17(25-21(26)19(23)8-5-6-10-22)14-27-18-12-16-7-3-4-9-20(16)24-13-18/h3-4,7,9,12-13,15,17,19H,5-6,8,10-11,14,22-23H2,1-2H3,(H,25,26)/t17-,19-/m1/s1. The Labute approximate surface area is 161 Å². The van der Waals surface area contributed by atoms with Gasteiger partial charge in [-0.3, -0.25) is 9.78 Å². The van der Waals surface area contributed by atoms with Crippen molar-refractivity contribution in [2.45, 2.75) is 51.6 Å². The van der Waals surface area contributed by atoms with Crippen LogP contribution >= 0.6 is 0 Å². The maximum absolute atomic E-state index is 12.4. The van der Waals surface area contributed by atoms with Crippen LogP contribution in [0.4, 0.5) is 0 Å². The van der Waals surface area contributed by atoms with Crippen LogP contribution in [0.25, 0.3) is 10.9 Å². The number of nitrogens with one attached hydrogen (secondary N) is 1. The predicted octanol–water partition coefficient (Wildman–Crippen LogP) is 2.60. The molecule has 1 amide bonds. The van der Waals surface area contributed by atoms with Crippen LogP contribution in [0.2, 0.25) is 0 Å². The molecule has 27 heavy (non-hydrogen) atoms. The van der Waals surface area contributed by atoms with E-state index in [1.807, 2.05) is 30.3 Å². The van der Waals surface area contributed by atoms with E-state index in [4.69, 9.17) is 16.2 Å². The Morgan fingerprint density at radius 1 is 1.26 bits per heavy atom. The minimum Gasteiger partial charge on any atom is -0.490 e. The van der Waals surface area contributed by atoms with Crippen LogP contribution in [0.15, 0.2) is 36.5 Å². The Hall–Kier alpha value is -2.18. The zero-order valence-corrected chi connectivity index (χ0v) is 16.4. The first-order valence-electron chi connectivity index (χ1n) is 9.73. The maximum Gasteiger partial charge on any atom is 0.237 e. The molecule has 0 saturated heterocycles. The van der Waals surface area contributed by atoms with Gasteiger partial charge in [0.1, 0.15) is 12.4 Å². The van der Waals surface area contributed by atoms with E-state index in [1.165, 1.54) is 0 Å². The first kappa shape index (κ1) is 21.1. The van der Waals surface area contributed by atoms with Gasteiger partial charge in [-0.1, -0.05) is 38.5 Å². The molecule has 0 aliphatic heterocycles. The van der Waals surface area contributed by atoms with Crippen molar-refractivity contribution in [2.24, 2.45) is 17.4 Å². The third kappa shape index (κ3) is 7.15. The molecule has 2 atom stereocenters. The van der Waals surface area contributed by atoms with Gasteiger partial charge < -0.3 is 21.5 Å². The highest BCUT2D eigenvalue weighted by Crippen LogP contribution is 2.18. The number of nitrogens with zero attached hydrogens (tertiary/aromatic N) is 1. The summed E-state index contributed by atoms with van der Waals surface area (Å²) in [5.41, 5.74) is 12.4. The number of hydrogen-bond acceptors (Lipinski definition) is 5. The van der Waals surface area contributed by atoms with E-state index in [1.54, 1.807) is 6.20 Å². The summed E-state index contributed by atoms with van der Waals surface area (Å²) in [6, 6.07) is 9.27. The van der Waals surface area contributed by atoms with Crippen LogP contribution in [0.5, 0.6) is 5.75 Å². The number of benzene rings is 1. The second-order valence-corrected chi connectivity index (χ2v) is 7.40. The van der Waals surface area contributed by atoms with Crippen LogP contribution in [-0.4, -0.2) is 36.1 Å². The normalized spacial score (nSPS) is 13.5. The van der Waals surface area contributed by atoms with E-state index in [9.17, 15) is 4.79 Å². The number of fused-ring (bicyclic) bond motifs is 1. The van der Waals surface area contributed by atoms with Crippen molar-refractivity contribution in [3.8, 4) is 5.75 Å². The van der Waals surface area contributed by atoms with Crippen molar-refractivity contribution in [1.82, 2.24) is 10.3 Å². The molecule has 0 fully saturated rings. The summed E-state index contributed by atoms with van der Waals surface area (Å²) < 4.78 is 5.92. The van der Waals surface area contributed by atoms with Gasteiger partial charge in [0.2, 0.25) is 5.91 Å². The Morgan fingerprint density at radius 3 is 2.78 bits per heavy atom. The van der Waals surface area contributed by atoms with Crippen molar-refractivity contribution in [3.63, 3.8) is 0 Å². The maximum atomic E-state index is 12.4. The molecule has 0 unspecified atom stereocenters. The monoisotopic (exact) mass is 372 g/mol. The number of ether oxygens (including phenoxy) is 1. The lowest BCUT2D eigenvalue weighted by molar-refractivity contribution is -0.123. The molecule has 0 aliphatic rings. The number of amides is 1. The topological polar surface area (TPSA) is 103 Å². The summed E-state index contributed by atoms with van der Waals surface area (Å²) >= 11 is 0. The molecular weight excluding hydrogens is 340 g/mol. The lowest BCUT2D eigenvalue weighted by Gasteiger charge is -2.23. The van der Waals surface area contributed by atoms with Crippen LogP contribution in [0.1, 0.15) is 39.5 Å². The summed E-state index contributed by atoms with van der Waals surface area (Å²) in [4.78, 5) is 16.8. The molecule has 6 nitrogen and oxygen atoms in total. The number of nitrogens with two attached hydrogens (primary N) is 2. The quantitative estimate of drug-likeness (QED) is 0.526. The van der Waals surface area contributed by atoms with E-state index < -0.39 is 6.04 Å². The van der Waals surface area contributed by atoms with Crippen molar-refractivity contribution in [2.75, 3.05) is 13.2 Å². The molecule has 6 heteroatoms. The first-order chi connectivity index (χ1) is 13.0. The molecule has 0 saturated carbocycles. The molecule has 0 bridgehead atoms. The van der Waals surface area contributed by atoms with E-state index in [2.05, 4.69) is 24.1 Å². The van der Waals surface area contributed by atoms with Gasteiger partial charge in [0.25, 0.3) is 0 Å². The summed E-state index contributed by atoms with van der Waals surface area (Å²) in [6.07, 6.45) is 4.93. The fraction of sp³-hybridized carbons (Fsp3) is 0.524. The molecular formula is C21H32N4O2. The average molecular weight is 373 g/mol. The largest absolute Gasteiger partial charge is 0.490 e. The smallest absolute Gasteiger partial charge is 0.237 e. The van der Waals surface area contributed by atoms with Gasteiger partial charge in [0.15, 0.2) is 0 Å². The van der Waals surface area contributed by atoms with E-state index in [0.29, 0.717) is 31.2 Å². The molecule has 2 rings (SSSR count). The number of hydrogen-bond donors (Lipinski definition) is 3. The number of rotatable bonds is 11. The summed E-state index contributed by atoms with van der Waals surface area (Å²) in [5.74, 6) is 1.00. The Kier molecular flexibility index (Phi) is 8.48. The zero-order valence-electron chi connectivity index (χ0n) is 16.4. The number of aromatic nitrogens is 1. The fourth-order valence-electron chi connectivity index (χ4n) is 3.01. The van der Waals surface area contributed by atoms with Gasteiger partial charge in [-0.25, -0.2) is 0 Å². The SMILES string of the molecule is CC(C)C[C@H](COc1cnc2ccccc2c1)NC(=O)[C@H](N)CCCCN. The van der Waals surface area contributed by atoms with E-state index >= 15 is 0 Å². The summed E-state index contributed by atoms with van der Waals surface area (Å²) in [5, 5.41) is 4.07. The van der Waals surface area contributed by atoms with Crippen LogP contribution in [0.3, 0.4) is 0 Å². The number of para-hydroxylation sites is 1. The van der Waals surface area contributed by atoms with Crippen molar-refractivity contribution in [3.05, 3.63) is 36.5 Å². The van der Waals surface area contributed by atoms with Gasteiger partial charge in [-0.2, -0.15) is 0 Å². The highest BCUT2D eigenvalue weighted by molar-refractivity contribution is 5.81. The first-order valence-corrected chi connectivity index (χ1v) is 9.73. The van der Waals surface area contributed by atoms with Crippen LogP contribution in [0, 0.1) is 5.92 Å². The molecule has 1 aromatic carbocycles. The average Bonchev–Trinajstić information content (AvgIpc) is 2.65. The molecule has 1 aromatic heterocycles. The van der Waals surface area contributed by atoms with Gasteiger partial charge in [0, 0.05) is 5.39 Å². The van der Waals surface area contributed by atoms with Crippen molar-refractivity contribution < 1.29 is 9.53 Å². The number of carbonyl (C=O) groups is 1. The number of pyridine rings is 1. The van der Waals surface area contributed by atoms with Gasteiger partial charge >= 0.3 is 0 Å². The van der Waals surface area contributed by atoms with Crippen molar-refractivity contribution >= 4 is 16.8 Å². The van der Waals surface area contributed by atoms with Crippen LogP contribution in [-0.2, 0) is 4.79 Å². The lowest BCUT2D eigenvalue weighted by atomic mass is 10.0. The van der Waals surface area contributed by atoms with E-state index in [0.717, 1.165) is 30.2 Å². The molecule has 148 valence electrons. The lowest BCUT2D eigenvalue weighted by Crippen LogP contribution is -2.47. The Balaban J connectivity index is 1.93. The zero-order chi connectivity index (χ0) is 19.6. The number of unbranched alkanes of at least 4 members (excludes halogenated alkanes) is 1. The Morgan fingerprint density at radius 2 is 2.04 bits per heavy atom. The Bertz CT molecular complexity index is 720. The predicted molar refractivity (Wildman–Crippen MR) is 110 cm³/mol. The van der Waals surface area contributed by atoms with E-state index in [-0.39, 0.29) is 11.9 Å². The highest BCUT2D eigenvalue weighted by Gasteiger charge is 2.19. The molecule has 0 radical (unpaired) electrons. The minimum atomic E-state index is -0.506. The van der Waals surface area contributed by atoms with Gasteiger partial charge in [-0.05, 0) is 43.9 Å². The van der Waals surface area contributed by atoms with Gasteiger partial charge in [-0.15, -0.1) is 0 Å². The highest BCUT2D eigenvalue weighted by atomic mass is 16.5. The number of carbonyl (C=O) groups excluding carboxylic acids is 1. The molecule has 1 heterocycles. The molecule has 2 aromatic rings. The third-order valence-corrected chi connectivity index (χ3v) is 4.42.